The SMILES string of the molecule is CCNC(Cc1cc(I)c(Oc2cc(I)c(O)c(I)c2)c(I)c1)C(=O)OCC.CCNC(Cc1cc(I)c(Oc2cc(I)c(OCCCl)c(I)c2)c(I)c1)C(=O)OCC. The summed E-state index contributed by atoms with van der Waals surface area (Å²) < 4.78 is 35.7. The summed E-state index contributed by atoms with van der Waals surface area (Å²) in [7, 11) is 0. The molecule has 0 radical (unpaired) electrons. The van der Waals surface area contributed by atoms with Crippen LogP contribution in [0.4, 0.5) is 0 Å². The minimum Gasteiger partial charge on any atom is -0.506 e. The monoisotopic (exact) mass is 1730 g/mol. The Morgan fingerprint density at radius 2 is 0.915 bits per heavy atom. The highest BCUT2D eigenvalue weighted by atomic mass is 127. The Bertz CT molecular complexity index is 1970. The van der Waals surface area contributed by atoms with Gasteiger partial charge in [0.15, 0.2) is 11.5 Å². The Morgan fingerprint density at radius 1 is 0.576 bits per heavy atom. The minimum atomic E-state index is -0.372. The molecule has 0 aliphatic heterocycles. The van der Waals surface area contributed by atoms with Crippen LogP contribution >= 0.6 is 192 Å². The molecule has 0 fully saturated rings. The van der Waals surface area contributed by atoms with Crippen LogP contribution in [-0.4, -0.2) is 67.9 Å². The number of hydrogen-bond donors (Lipinski definition) is 3. The largest absolute Gasteiger partial charge is 0.506 e. The Morgan fingerprint density at radius 3 is 1.24 bits per heavy atom. The van der Waals surface area contributed by atoms with Gasteiger partial charge in [-0.1, -0.05) is 13.8 Å². The van der Waals surface area contributed by atoms with Crippen molar-refractivity contribution in [3.63, 3.8) is 0 Å². The number of likely N-dealkylation sites (N-methyl/N-ethyl adjacent to an activating group) is 2. The predicted octanol–water partition coefficient (Wildman–Crippen LogP) is 12.3. The molecule has 4 aromatic carbocycles. The lowest BCUT2D eigenvalue weighted by Gasteiger charge is -2.18. The van der Waals surface area contributed by atoms with E-state index in [0.717, 1.165) is 62.7 Å². The van der Waals surface area contributed by atoms with Crippen LogP contribution in [0.2, 0.25) is 0 Å². The molecule has 0 spiro atoms. The number of carbonyl (C=O) groups excluding carboxylic acids is 2. The maximum Gasteiger partial charge on any atom is 0.323 e. The summed E-state index contributed by atoms with van der Waals surface area (Å²) in [6, 6.07) is 14.9. The van der Waals surface area contributed by atoms with Crippen molar-refractivity contribution in [3.05, 3.63) is 88.2 Å². The van der Waals surface area contributed by atoms with Crippen molar-refractivity contribution in [3.8, 4) is 34.5 Å². The van der Waals surface area contributed by atoms with Gasteiger partial charge in [0.25, 0.3) is 0 Å². The third-order valence-electron chi connectivity index (χ3n) is 7.76. The van der Waals surface area contributed by atoms with Gasteiger partial charge in [0, 0.05) is 0 Å². The normalized spacial score (nSPS) is 11.9. The van der Waals surface area contributed by atoms with E-state index in [-0.39, 0.29) is 29.8 Å². The molecule has 0 aromatic heterocycles. The molecular weight excluding hydrogens is 1690 g/mol. The summed E-state index contributed by atoms with van der Waals surface area (Å²) in [4.78, 5) is 24.4. The molecule has 2 atom stereocenters. The molecule has 10 nitrogen and oxygen atoms in total. The number of phenols is 1. The number of aromatic hydroxyl groups is 1. The van der Waals surface area contributed by atoms with E-state index in [1.807, 2.05) is 52.0 Å². The van der Waals surface area contributed by atoms with Crippen molar-refractivity contribution < 1.29 is 38.4 Å². The Hall–Kier alpha value is 1.07. The van der Waals surface area contributed by atoms with E-state index in [9.17, 15) is 14.7 Å². The van der Waals surface area contributed by atoms with Gasteiger partial charge in [0.05, 0.1) is 47.7 Å². The van der Waals surface area contributed by atoms with Gasteiger partial charge in [0.1, 0.15) is 41.7 Å². The second kappa shape index (κ2) is 28.2. The maximum atomic E-state index is 12.2. The fraction of sp³-hybridized carbons (Fsp3) is 0.350. The Kier molecular flexibility index (Phi) is 26.0. The number of carbonyl (C=O) groups is 2. The highest BCUT2D eigenvalue weighted by molar-refractivity contribution is 14.1. The number of esters is 2. The van der Waals surface area contributed by atoms with Crippen LogP contribution < -0.4 is 24.8 Å². The molecule has 4 aromatic rings. The molecule has 0 heterocycles. The van der Waals surface area contributed by atoms with E-state index < -0.39 is 0 Å². The maximum absolute atomic E-state index is 12.2. The second-order valence-corrected chi connectivity index (χ2v) is 21.8. The van der Waals surface area contributed by atoms with Crippen molar-refractivity contribution in [1.29, 1.82) is 0 Å². The van der Waals surface area contributed by atoms with Crippen molar-refractivity contribution in [1.82, 2.24) is 10.6 Å². The number of phenolic OH excluding ortho intramolecular Hbond substituents is 1. The van der Waals surface area contributed by atoms with Gasteiger partial charge in [0.2, 0.25) is 0 Å². The van der Waals surface area contributed by atoms with Crippen molar-refractivity contribution >= 4 is 204 Å². The van der Waals surface area contributed by atoms with Gasteiger partial charge in [-0.25, -0.2) is 0 Å². The molecule has 0 saturated carbocycles. The van der Waals surface area contributed by atoms with Gasteiger partial charge < -0.3 is 39.4 Å². The molecule has 0 bridgehead atoms. The van der Waals surface area contributed by atoms with E-state index in [4.69, 9.17) is 35.3 Å². The fourth-order valence-electron chi connectivity index (χ4n) is 5.29. The first-order valence-electron chi connectivity index (χ1n) is 18.0. The topological polar surface area (TPSA) is 125 Å². The first kappa shape index (κ1) is 54.4. The first-order chi connectivity index (χ1) is 28.1. The molecule has 59 heavy (non-hydrogen) atoms. The van der Waals surface area contributed by atoms with E-state index in [0.29, 0.717) is 57.4 Å². The van der Waals surface area contributed by atoms with Gasteiger partial charge in [-0.15, -0.1) is 11.6 Å². The molecule has 322 valence electrons. The number of alkyl halides is 1. The van der Waals surface area contributed by atoms with E-state index in [1.165, 1.54) is 0 Å². The van der Waals surface area contributed by atoms with Crippen molar-refractivity contribution in [2.24, 2.45) is 0 Å². The first-order valence-corrected chi connectivity index (χ1v) is 27.2. The zero-order valence-electron chi connectivity index (χ0n) is 32.1. The van der Waals surface area contributed by atoms with Crippen LogP contribution in [-0.2, 0) is 31.9 Å². The van der Waals surface area contributed by atoms with Crippen LogP contribution in [0, 0.1) is 28.6 Å². The van der Waals surface area contributed by atoms with Crippen LogP contribution in [0.1, 0.15) is 38.8 Å². The summed E-state index contributed by atoms with van der Waals surface area (Å²) in [5, 5.41) is 16.3. The summed E-state index contributed by atoms with van der Waals surface area (Å²) >= 11 is 23.4. The van der Waals surface area contributed by atoms with E-state index in [2.05, 4.69) is 203 Å². The lowest BCUT2D eigenvalue weighted by molar-refractivity contribution is -0.146. The van der Waals surface area contributed by atoms with Crippen molar-refractivity contribution in [2.45, 2.75) is 52.6 Å². The summed E-state index contributed by atoms with van der Waals surface area (Å²) in [5.41, 5.74) is 2.09. The number of halogens is 9. The molecule has 0 saturated heterocycles. The third-order valence-corrected chi connectivity index (χ3v) is 14.4. The summed E-state index contributed by atoms with van der Waals surface area (Å²) in [6.07, 6.45) is 1.11. The molecule has 4 rings (SSSR count). The quantitative estimate of drug-likeness (QED) is 0.0475. The molecule has 19 heteroatoms. The second-order valence-electron chi connectivity index (χ2n) is 12.1. The highest BCUT2D eigenvalue weighted by Crippen LogP contribution is 2.39. The highest BCUT2D eigenvalue weighted by Gasteiger charge is 2.23. The Labute approximate surface area is 460 Å². The minimum absolute atomic E-state index is 0.227. The summed E-state index contributed by atoms with van der Waals surface area (Å²) in [6.45, 7) is 10.2. The van der Waals surface area contributed by atoms with Gasteiger partial charge in [-0.2, -0.15) is 0 Å². The van der Waals surface area contributed by atoms with Gasteiger partial charge in [-0.05, 0) is 280 Å². The smallest absolute Gasteiger partial charge is 0.323 e. The van der Waals surface area contributed by atoms with Crippen LogP contribution in [0.15, 0.2) is 48.5 Å². The van der Waals surface area contributed by atoms with Gasteiger partial charge >= 0.3 is 11.9 Å². The number of hydrogen-bond acceptors (Lipinski definition) is 10. The van der Waals surface area contributed by atoms with Gasteiger partial charge in [-0.3, -0.25) is 9.59 Å². The summed E-state index contributed by atoms with van der Waals surface area (Å²) in [5.74, 6) is 4.04. The third kappa shape index (κ3) is 17.4. The number of nitrogens with one attached hydrogen (secondary N) is 2. The number of rotatable bonds is 19. The van der Waals surface area contributed by atoms with Crippen LogP contribution in [0.3, 0.4) is 0 Å². The Balaban J connectivity index is 0.000000317. The average molecular weight is 1730 g/mol. The lowest BCUT2D eigenvalue weighted by atomic mass is 10.1. The fourth-order valence-corrected chi connectivity index (χ4v) is 13.3. The molecule has 0 aliphatic rings. The zero-order valence-corrected chi connectivity index (χ0v) is 50.2. The lowest BCUT2D eigenvalue weighted by Crippen LogP contribution is -2.39. The predicted molar refractivity (Wildman–Crippen MR) is 301 cm³/mol. The number of benzene rings is 4. The van der Waals surface area contributed by atoms with Crippen molar-refractivity contribution in [2.75, 3.05) is 38.8 Å². The molecule has 3 N–H and O–H groups in total. The molecule has 0 amide bonds. The molecule has 0 aliphatic carbocycles. The van der Waals surface area contributed by atoms with E-state index >= 15 is 0 Å². The average Bonchev–Trinajstić information content (AvgIpc) is 3.16. The van der Waals surface area contributed by atoms with E-state index in [1.54, 1.807) is 12.1 Å². The number of ether oxygens (including phenoxy) is 5. The molecule has 2 unspecified atom stereocenters. The molecular formula is C40H41ClI8N2O8. The van der Waals surface area contributed by atoms with Crippen LogP contribution in [0.25, 0.3) is 0 Å². The zero-order chi connectivity index (χ0) is 43.8. The standard InChI is InChI=1S/C21H22ClI4NO4.C19H19I4NO4/c1-3-27-18(21(28)29-4-2)9-12-7-14(23)20(15(24)8-12)31-13-10-16(25)19(17(26)11-13)30-6-5-22;1-3-24-16(19(26)27-4-2)7-10-5-14(22)18(15(23)6-10)28-11-8-12(20)17(25)13(21)9-11/h7-8,10-11,18,27H,3-6,9H2,1-2H3;5-6,8-9,16,24-25H,3-4,7H2,1-2H3. The van der Waals surface area contributed by atoms with Crippen LogP contribution in [0.5, 0.6) is 34.5 Å².